The second kappa shape index (κ2) is 11.3. The Kier molecular flexibility index (Phi) is 8.05. The summed E-state index contributed by atoms with van der Waals surface area (Å²) in [6.07, 6.45) is 0. The lowest BCUT2D eigenvalue weighted by Gasteiger charge is -2.26. The normalized spacial score (nSPS) is 17.2. The molecule has 38 heavy (non-hydrogen) atoms. The number of rotatable bonds is 8. The first-order valence-electron chi connectivity index (χ1n) is 13.3. The van der Waals surface area contributed by atoms with Crippen LogP contribution in [0.5, 0.6) is 5.75 Å². The van der Waals surface area contributed by atoms with Gasteiger partial charge in [-0.15, -0.1) is 0 Å². The van der Waals surface area contributed by atoms with E-state index in [1.807, 2.05) is 54.6 Å². The second-order valence-electron chi connectivity index (χ2n) is 11.0. The van der Waals surface area contributed by atoms with Crippen molar-refractivity contribution in [3.63, 3.8) is 0 Å². The molecule has 1 aliphatic rings. The van der Waals surface area contributed by atoms with E-state index < -0.39 is 17.7 Å². The van der Waals surface area contributed by atoms with E-state index in [1.165, 1.54) is 4.90 Å². The molecule has 0 saturated carbocycles. The fourth-order valence-electron chi connectivity index (χ4n) is 4.65. The van der Waals surface area contributed by atoms with E-state index >= 15 is 0 Å². The van der Waals surface area contributed by atoms with Crippen LogP contribution in [0.15, 0.2) is 78.4 Å². The molecule has 0 aliphatic carbocycles. The minimum atomic E-state index is -0.763. The van der Waals surface area contributed by atoms with Gasteiger partial charge in [0.15, 0.2) is 0 Å². The third-order valence-corrected chi connectivity index (χ3v) is 6.89. The maximum absolute atomic E-state index is 13.5. The van der Waals surface area contributed by atoms with Crippen molar-refractivity contribution in [2.75, 3.05) is 11.5 Å². The average molecular weight is 512 g/mol. The lowest BCUT2D eigenvalue weighted by atomic mass is 9.93. The summed E-state index contributed by atoms with van der Waals surface area (Å²) in [5, 5.41) is 11.5. The van der Waals surface area contributed by atoms with Crippen LogP contribution < -0.4 is 9.64 Å². The van der Waals surface area contributed by atoms with E-state index in [-0.39, 0.29) is 11.3 Å². The van der Waals surface area contributed by atoms with Crippen molar-refractivity contribution in [2.24, 2.45) is 5.92 Å². The number of aliphatic hydroxyl groups is 1. The monoisotopic (exact) mass is 511 g/mol. The number of ketones is 1. The molecule has 1 aliphatic heterocycles. The number of nitrogens with zero attached hydrogens (tertiary/aromatic N) is 1. The third kappa shape index (κ3) is 5.52. The van der Waals surface area contributed by atoms with Gasteiger partial charge in [0, 0.05) is 11.3 Å². The highest BCUT2D eigenvalue weighted by Crippen LogP contribution is 2.43. The minimum absolute atomic E-state index is 0.0706. The van der Waals surface area contributed by atoms with Crippen molar-refractivity contribution < 1.29 is 19.4 Å². The van der Waals surface area contributed by atoms with Gasteiger partial charge in [0.2, 0.25) is 0 Å². The summed E-state index contributed by atoms with van der Waals surface area (Å²) >= 11 is 0. The molecule has 0 bridgehead atoms. The lowest BCUT2D eigenvalue weighted by Crippen LogP contribution is -2.29. The molecule has 198 valence electrons. The average Bonchev–Trinajstić information content (AvgIpc) is 3.17. The first-order chi connectivity index (χ1) is 18.1. The van der Waals surface area contributed by atoms with Crippen molar-refractivity contribution in [3.8, 4) is 5.75 Å². The Morgan fingerprint density at radius 3 is 1.97 bits per heavy atom. The van der Waals surface area contributed by atoms with Crippen molar-refractivity contribution >= 4 is 23.1 Å². The largest absolute Gasteiger partial charge is 0.507 e. The number of aliphatic hydroxyl groups excluding tert-OH is 1. The Labute approximate surface area is 225 Å². The highest BCUT2D eigenvalue weighted by Gasteiger charge is 2.47. The van der Waals surface area contributed by atoms with Crippen LogP contribution in [0.1, 0.15) is 81.7 Å². The van der Waals surface area contributed by atoms with E-state index in [0.29, 0.717) is 41.4 Å². The number of amides is 1. The zero-order valence-electron chi connectivity index (χ0n) is 23.1. The maximum atomic E-state index is 13.5. The molecule has 1 atom stereocenters. The van der Waals surface area contributed by atoms with Crippen molar-refractivity contribution in [1.29, 1.82) is 0 Å². The van der Waals surface area contributed by atoms with Gasteiger partial charge in [-0.1, -0.05) is 90.1 Å². The number of hydrogen-bond acceptors (Lipinski definition) is 4. The number of ether oxygens (including phenoxy) is 1. The van der Waals surface area contributed by atoms with E-state index in [1.54, 1.807) is 18.2 Å². The minimum Gasteiger partial charge on any atom is -0.507 e. The van der Waals surface area contributed by atoms with E-state index in [4.69, 9.17) is 4.74 Å². The maximum Gasteiger partial charge on any atom is 0.300 e. The lowest BCUT2D eigenvalue weighted by molar-refractivity contribution is -0.132. The van der Waals surface area contributed by atoms with Gasteiger partial charge in [-0.05, 0) is 58.7 Å². The fraction of sp³-hybridized carbons (Fsp3) is 0.333. The smallest absolute Gasteiger partial charge is 0.300 e. The van der Waals surface area contributed by atoms with E-state index in [2.05, 4.69) is 41.5 Å². The Morgan fingerprint density at radius 1 is 0.842 bits per heavy atom. The first-order valence-corrected chi connectivity index (χ1v) is 13.3. The SMILES string of the molecule is CC(C)COc1cccc(/C(O)=C2/C(=O)C(=O)N(c3ccc(C(C)C)cc3)C2c2ccc(C(C)C)cc2)c1. The Morgan fingerprint density at radius 2 is 1.42 bits per heavy atom. The molecular weight excluding hydrogens is 474 g/mol. The Hall–Kier alpha value is -3.86. The molecule has 0 spiro atoms. The number of carbonyl (C=O) groups excluding carboxylic acids is 2. The molecule has 1 heterocycles. The van der Waals surface area contributed by atoms with Crippen molar-refractivity contribution in [3.05, 3.63) is 101 Å². The standard InChI is InChI=1S/C33H37NO4/c1-20(2)19-38-28-9-7-8-26(18-28)31(35)29-30(25-12-10-23(11-13-25)21(3)4)34(33(37)32(29)36)27-16-14-24(15-17-27)22(5)6/h7-18,20-22,30,35H,19H2,1-6H3/b31-29-. The van der Waals surface area contributed by atoms with Gasteiger partial charge in [-0.25, -0.2) is 0 Å². The van der Waals surface area contributed by atoms with Crippen LogP contribution in [-0.4, -0.2) is 23.4 Å². The molecule has 5 nitrogen and oxygen atoms in total. The van der Waals surface area contributed by atoms with Gasteiger partial charge < -0.3 is 9.84 Å². The predicted octanol–water partition coefficient (Wildman–Crippen LogP) is 7.59. The number of Topliss-reactive ketones (excluding diaryl/α,β-unsaturated/α-hetero) is 1. The zero-order valence-corrected chi connectivity index (χ0v) is 23.1. The molecule has 3 aromatic rings. The molecule has 1 fully saturated rings. The molecule has 1 N–H and O–H groups in total. The first kappa shape index (κ1) is 27.2. The Balaban J connectivity index is 1.85. The molecule has 5 heteroatoms. The zero-order chi connectivity index (χ0) is 27.6. The molecular formula is C33H37NO4. The van der Waals surface area contributed by atoms with Crippen LogP contribution in [0.3, 0.4) is 0 Å². The van der Waals surface area contributed by atoms with E-state index in [0.717, 1.165) is 16.7 Å². The van der Waals surface area contributed by atoms with Gasteiger partial charge in [0.25, 0.3) is 11.7 Å². The van der Waals surface area contributed by atoms with Crippen LogP contribution in [0.2, 0.25) is 0 Å². The summed E-state index contributed by atoms with van der Waals surface area (Å²) in [5.41, 5.74) is 4.17. The van der Waals surface area contributed by atoms with Gasteiger partial charge in [0.05, 0.1) is 18.2 Å². The molecule has 1 saturated heterocycles. The number of carbonyl (C=O) groups is 2. The second-order valence-corrected chi connectivity index (χ2v) is 11.0. The number of benzene rings is 3. The molecule has 4 rings (SSSR count). The number of hydrogen-bond donors (Lipinski definition) is 1. The molecule has 0 radical (unpaired) electrons. The summed E-state index contributed by atoms with van der Waals surface area (Å²) in [5.74, 6) is 0.0395. The number of anilines is 1. The van der Waals surface area contributed by atoms with Crippen molar-refractivity contribution in [1.82, 2.24) is 0 Å². The Bertz CT molecular complexity index is 1330. The predicted molar refractivity (Wildman–Crippen MR) is 153 cm³/mol. The topological polar surface area (TPSA) is 66.8 Å². The molecule has 0 aromatic heterocycles. The van der Waals surface area contributed by atoms with Gasteiger partial charge in [-0.2, -0.15) is 0 Å². The summed E-state index contributed by atoms with van der Waals surface area (Å²) in [4.78, 5) is 28.5. The van der Waals surface area contributed by atoms with Gasteiger partial charge in [0.1, 0.15) is 11.5 Å². The summed E-state index contributed by atoms with van der Waals surface area (Å²) < 4.78 is 5.84. The summed E-state index contributed by atoms with van der Waals surface area (Å²) in [7, 11) is 0. The molecule has 1 unspecified atom stereocenters. The van der Waals surface area contributed by atoms with Gasteiger partial charge >= 0.3 is 0 Å². The molecule has 1 amide bonds. The summed E-state index contributed by atoms with van der Waals surface area (Å²) in [6, 6.07) is 21.9. The third-order valence-electron chi connectivity index (χ3n) is 6.89. The highest BCUT2D eigenvalue weighted by molar-refractivity contribution is 6.51. The van der Waals surface area contributed by atoms with Gasteiger partial charge in [-0.3, -0.25) is 14.5 Å². The van der Waals surface area contributed by atoms with Crippen molar-refractivity contribution in [2.45, 2.75) is 59.4 Å². The van der Waals surface area contributed by atoms with Crippen LogP contribution in [0, 0.1) is 5.92 Å². The fourth-order valence-corrected chi connectivity index (χ4v) is 4.65. The quantitative estimate of drug-likeness (QED) is 0.192. The van der Waals surface area contributed by atoms with Crippen LogP contribution in [-0.2, 0) is 9.59 Å². The highest BCUT2D eigenvalue weighted by atomic mass is 16.5. The van der Waals surface area contributed by atoms with E-state index in [9.17, 15) is 14.7 Å². The van der Waals surface area contributed by atoms with Crippen LogP contribution in [0.4, 0.5) is 5.69 Å². The van der Waals surface area contributed by atoms with Crippen LogP contribution >= 0.6 is 0 Å². The summed E-state index contributed by atoms with van der Waals surface area (Å²) in [6.45, 7) is 13.1. The molecule has 3 aromatic carbocycles. The van der Waals surface area contributed by atoms with Crippen LogP contribution in [0.25, 0.3) is 5.76 Å².